The van der Waals surface area contributed by atoms with Gasteiger partial charge in [-0.2, -0.15) is 0 Å². The van der Waals surface area contributed by atoms with Crippen LogP contribution in [0.1, 0.15) is 46.0 Å². The third kappa shape index (κ3) is 5.80. The maximum absolute atomic E-state index is 12.2. The molecule has 1 unspecified atom stereocenters. The Bertz CT molecular complexity index is 275. The Morgan fingerprint density at radius 1 is 1.40 bits per heavy atom. The summed E-state index contributed by atoms with van der Waals surface area (Å²) in [7, 11) is 2.22. The van der Waals surface area contributed by atoms with Crippen molar-refractivity contribution in [2.75, 3.05) is 39.8 Å². The predicted octanol–water partition coefficient (Wildman–Crippen LogP) is 1.94. The fourth-order valence-corrected chi connectivity index (χ4v) is 2.98. The van der Waals surface area contributed by atoms with Crippen LogP contribution in [0.5, 0.6) is 0 Å². The SMILES string of the molecule is CCCCN(C)CC1CCN(C(=O)C(C)CCN)CC1. The van der Waals surface area contributed by atoms with E-state index in [1.165, 1.54) is 25.9 Å². The fraction of sp³-hybridized carbons (Fsp3) is 0.938. The first kappa shape index (κ1) is 17.4. The van der Waals surface area contributed by atoms with Gasteiger partial charge < -0.3 is 15.5 Å². The summed E-state index contributed by atoms with van der Waals surface area (Å²) >= 11 is 0. The Hall–Kier alpha value is -0.610. The van der Waals surface area contributed by atoms with Crippen molar-refractivity contribution in [3.63, 3.8) is 0 Å². The molecular weight excluding hydrogens is 250 g/mol. The number of hydrogen-bond donors (Lipinski definition) is 1. The molecule has 20 heavy (non-hydrogen) atoms. The lowest BCUT2D eigenvalue weighted by atomic mass is 9.95. The minimum atomic E-state index is 0.0868. The van der Waals surface area contributed by atoms with Crippen LogP contribution in [0.15, 0.2) is 0 Å². The summed E-state index contributed by atoms with van der Waals surface area (Å²) in [5.74, 6) is 1.14. The van der Waals surface area contributed by atoms with Gasteiger partial charge >= 0.3 is 0 Å². The van der Waals surface area contributed by atoms with Crippen molar-refractivity contribution in [1.82, 2.24) is 9.80 Å². The number of nitrogens with two attached hydrogens (primary N) is 1. The highest BCUT2D eigenvalue weighted by Crippen LogP contribution is 2.20. The van der Waals surface area contributed by atoms with Gasteiger partial charge in [0.2, 0.25) is 5.91 Å². The van der Waals surface area contributed by atoms with Crippen molar-refractivity contribution in [2.24, 2.45) is 17.6 Å². The van der Waals surface area contributed by atoms with Crippen LogP contribution in [-0.4, -0.2) is 55.5 Å². The molecular formula is C16H33N3O. The molecule has 1 heterocycles. The predicted molar refractivity (Wildman–Crippen MR) is 84.5 cm³/mol. The molecule has 1 aliphatic heterocycles. The van der Waals surface area contributed by atoms with Crippen molar-refractivity contribution in [3.05, 3.63) is 0 Å². The summed E-state index contributed by atoms with van der Waals surface area (Å²) in [5.41, 5.74) is 5.54. The molecule has 1 atom stereocenters. The van der Waals surface area contributed by atoms with Gasteiger partial charge in [-0.1, -0.05) is 20.3 Å². The average molecular weight is 283 g/mol. The van der Waals surface area contributed by atoms with Crippen LogP contribution in [-0.2, 0) is 4.79 Å². The zero-order valence-corrected chi connectivity index (χ0v) is 13.6. The third-order valence-electron chi connectivity index (χ3n) is 4.41. The molecule has 0 bridgehead atoms. The standard InChI is InChI=1S/C16H33N3O/c1-4-5-10-18(3)13-15-7-11-19(12-8-15)16(20)14(2)6-9-17/h14-15H,4-13,17H2,1-3H3. The van der Waals surface area contributed by atoms with Crippen LogP contribution in [0.3, 0.4) is 0 Å². The third-order valence-corrected chi connectivity index (χ3v) is 4.41. The van der Waals surface area contributed by atoms with Gasteiger partial charge in [0.05, 0.1) is 0 Å². The van der Waals surface area contributed by atoms with E-state index in [1.807, 2.05) is 11.8 Å². The summed E-state index contributed by atoms with van der Waals surface area (Å²) in [6, 6.07) is 0. The van der Waals surface area contributed by atoms with Crippen LogP contribution in [0, 0.1) is 11.8 Å². The number of piperidine rings is 1. The van der Waals surface area contributed by atoms with E-state index in [9.17, 15) is 4.79 Å². The molecule has 1 amide bonds. The zero-order chi connectivity index (χ0) is 15.0. The molecule has 2 N–H and O–H groups in total. The lowest BCUT2D eigenvalue weighted by molar-refractivity contribution is -0.136. The molecule has 118 valence electrons. The van der Waals surface area contributed by atoms with Gasteiger partial charge in [-0.25, -0.2) is 0 Å². The monoisotopic (exact) mass is 283 g/mol. The number of amides is 1. The van der Waals surface area contributed by atoms with E-state index >= 15 is 0 Å². The molecule has 4 nitrogen and oxygen atoms in total. The molecule has 0 radical (unpaired) electrons. The Morgan fingerprint density at radius 2 is 2.05 bits per heavy atom. The number of carbonyl (C=O) groups excluding carboxylic acids is 1. The van der Waals surface area contributed by atoms with E-state index in [-0.39, 0.29) is 5.92 Å². The molecule has 0 aromatic carbocycles. The zero-order valence-electron chi connectivity index (χ0n) is 13.6. The van der Waals surface area contributed by atoms with Crippen LogP contribution in [0.4, 0.5) is 0 Å². The number of likely N-dealkylation sites (tertiary alicyclic amines) is 1. The highest BCUT2D eigenvalue weighted by atomic mass is 16.2. The molecule has 0 aromatic heterocycles. The summed E-state index contributed by atoms with van der Waals surface area (Å²) in [6.07, 6.45) is 5.65. The molecule has 1 rings (SSSR count). The van der Waals surface area contributed by atoms with Gasteiger partial charge in [-0.05, 0) is 51.7 Å². The van der Waals surface area contributed by atoms with Gasteiger partial charge in [0.1, 0.15) is 0 Å². The molecule has 1 aliphatic rings. The summed E-state index contributed by atoms with van der Waals surface area (Å²) < 4.78 is 0. The van der Waals surface area contributed by atoms with E-state index in [0.29, 0.717) is 12.5 Å². The second-order valence-electron chi connectivity index (χ2n) is 6.36. The molecule has 0 spiro atoms. The summed E-state index contributed by atoms with van der Waals surface area (Å²) in [6.45, 7) is 9.08. The molecule has 0 aromatic rings. The first-order valence-corrected chi connectivity index (χ1v) is 8.25. The van der Waals surface area contributed by atoms with Gasteiger partial charge in [0, 0.05) is 25.6 Å². The van der Waals surface area contributed by atoms with E-state index in [2.05, 4.69) is 18.9 Å². The fourth-order valence-electron chi connectivity index (χ4n) is 2.98. The van der Waals surface area contributed by atoms with Gasteiger partial charge in [-0.15, -0.1) is 0 Å². The number of unbranched alkanes of at least 4 members (excludes halogenated alkanes) is 1. The van der Waals surface area contributed by atoms with Crippen molar-refractivity contribution >= 4 is 5.91 Å². The van der Waals surface area contributed by atoms with E-state index in [1.54, 1.807) is 0 Å². The Kier molecular flexibility index (Phi) is 8.15. The average Bonchev–Trinajstić information content (AvgIpc) is 2.45. The number of nitrogens with zero attached hydrogens (tertiary/aromatic N) is 2. The molecule has 4 heteroatoms. The van der Waals surface area contributed by atoms with Gasteiger partial charge in [0.15, 0.2) is 0 Å². The quantitative estimate of drug-likeness (QED) is 0.740. The number of carbonyl (C=O) groups is 1. The van der Waals surface area contributed by atoms with Gasteiger partial charge in [-0.3, -0.25) is 4.79 Å². The maximum atomic E-state index is 12.2. The highest BCUT2D eigenvalue weighted by Gasteiger charge is 2.25. The Balaban J connectivity index is 2.27. The highest BCUT2D eigenvalue weighted by molar-refractivity contribution is 5.78. The van der Waals surface area contributed by atoms with Crippen molar-refractivity contribution < 1.29 is 4.79 Å². The second-order valence-corrected chi connectivity index (χ2v) is 6.36. The van der Waals surface area contributed by atoms with Crippen LogP contribution in [0.25, 0.3) is 0 Å². The first-order valence-electron chi connectivity index (χ1n) is 8.25. The topological polar surface area (TPSA) is 49.6 Å². The molecule has 1 fully saturated rings. The maximum Gasteiger partial charge on any atom is 0.225 e. The normalized spacial score (nSPS) is 18.6. The summed E-state index contributed by atoms with van der Waals surface area (Å²) in [4.78, 5) is 16.7. The second kappa shape index (κ2) is 9.35. The van der Waals surface area contributed by atoms with Gasteiger partial charge in [0.25, 0.3) is 0 Å². The van der Waals surface area contributed by atoms with Crippen LogP contribution < -0.4 is 5.73 Å². The Morgan fingerprint density at radius 3 is 2.60 bits per heavy atom. The first-order chi connectivity index (χ1) is 9.58. The number of rotatable bonds is 8. The van der Waals surface area contributed by atoms with E-state index in [0.717, 1.165) is 38.3 Å². The van der Waals surface area contributed by atoms with Crippen molar-refractivity contribution in [3.8, 4) is 0 Å². The molecule has 1 saturated heterocycles. The van der Waals surface area contributed by atoms with E-state index < -0.39 is 0 Å². The smallest absolute Gasteiger partial charge is 0.225 e. The molecule has 0 aliphatic carbocycles. The van der Waals surface area contributed by atoms with Crippen molar-refractivity contribution in [2.45, 2.75) is 46.0 Å². The molecule has 0 saturated carbocycles. The summed E-state index contributed by atoms with van der Waals surface area (Å²) in [5, 5.41) is 0. The Labute approximate surface area is 124 Å². The van der Waals surface area contributed by atoms with Crippen LogP contribution in [0.2, 0.25) is 0 Å². The minimum absolute atomic E-state index is 0.0868. The number of hydrogen-bond acceptors (Lipinski definition) is 3. The van der Waals surface area contributed by atoms with Crippen LogP contribution >= 0.6 is 0 Å². The van der Waals surface area contributed by atoms with E-state index in [4.69, 9.17) is 5.73 Å². The minimum Gasteiger partial charge on any atom is -0.342 e. The largest absolute Gasteiger partial charge is 0.342 e. The lowest BCUT2D eigenvalue weighted by Crippen LogP contribution is -2.43. The van der Waals surface area contributed by atoms with Crippen molar-refractivity contribution in [1.29, 1.82) is 0 Å². The lowest BCUT2D eigenvalue weighted by Gasteiger charge is -2.35.